The number of benzene rings is 1. The molecule has 1 aromatic rings. The minimum Gasteiger partial charge on any atom is -0.390 e. The zero-order valence-corrected chi connectivity index (χ0v) is 9.31. The maximum atomic E-state index is 11.2. The number of carbonyl (C=O) groups excluding carboxylic acids is 2. The molecule has 0 unspecified atom stereocenters. The van der Waals surface area contributed by atoms with E-state index in [4.69, 9.17) is 0 Å². The Balaban J connectivity index is 2.65. The Labute approximate surface area is 95.0 Å². The van der Waals surface area contributed by atoms with E-state index >= 15 is 0 Å². The summed E-state index contributed by atoms with van der Waals surface area (Å²) in [6.45, 7) is 0. The van der Waals surface area contributed by atoms with Gasteiger partial charge < -0.3 is 9.84 Å². The van der Waals surface area contributed by atoms with E-state index in [0.29, 0.717) is 5.56 Å². The van der Waals surface area contributed by atoms with E-state index in [-0.39, 0.29) is 5.33 Å². The Morgan fingerprint density at radius 3 is 2.47 bits per heavy atom. The van der Waals surface area contributed by atoms with Crippen LogP contribution >= 0.6 is 15.9 Å². The minimum absolute atomic E-state index is 0.0831. The van der Waals surface area contributed by atoms with Crippen LogP contribution in [-0.4, -0.2) is 22.4 Å². The topological polar surface area (TPSA) is 63.6 Å². The lowest BCUT2D eigenvalue weighted by Gasteiger charge is -2.08. The summed E-state index contributed by atoms with van der Waals surface area (Å²) in [7, 11) is 0. The number of esters is 2. The number of carbonyl (C=O) groups is 2. The van der Waals surface area contributed by atoms with Crippen LogP contribution in [0.25, 0.3) is 0 Å². The zero-order valence-electron chi connectivity index (χ0n) is 7.72. The van der Waals surface area contributed by atoms with Crippen molar-refractivity contribution in [2.45, 2.75) is 6.10 Å². The number of alkyl halides is 1. The molecule has 1 rings (SSSR count). The molecule has 80 valence electrons. The second-order valence-electron chi connectivity index (χ2n) is 2.74. The molecule has 1 atom stereocenters. The molecule has 0 saturated heterocycles. The zero-order chi connectivity index (χ0) is 11.3. The van der Waals surface area contributed by atoms with E-state index in [1.807, 2.05) is 0 Å². The van der Waals surface area contributed by atoms with Crippen molar-refractivity contribution in [1.29, 1.82) is 0 Å². The number of hydrogen-bond donors (Lipinski definition) is 1. The number of ether oxygens (including phenoxy) is 1. The third kappa shape index (κ3) is 3.45. The van der Waals surface area contributed by atoms with Crippen LogP contribution in [0.1, 0.15) is 11.7 Å². The van der Waals surface area contributed by atoms with Crippen LogP contribution in [0.4, 0.5) is 0 Å². The minimum atomic E-state index is -1.42. The highest BCUT2D eigenvalue weighted by Crippen LogP contribution is 2.13. The third-order valence-corrected chi connectivity index (χ3v) is 2.12. The maximum Gasteiger partial charge on any atom is 0.347 e. The highest BCUT2D eigenvalue weighted by Gasteiger charge is 2.20. The van der Waals surface area contributed by atoms with Crippen molar-refractivity contribution in [1.82, 2.24) is 0 Å². The maximum absolute atomic E-state index is 11.2. The van der Waals surface area contributed by atoms with E-state index in [2.05, 4.69) is 20.7 Å². The van der Waals surface area contributed by atoms with Crippen LogP contribution in [-0.2, 0) is 14.3 Å². The molecule has 0 bridgehead atoms. The SMILES string of the molecule is O=C(CBr)OC(=O)[C@H](O)c1ccccc1. The molecular weight excluding hydrogens is 264 g/mol. The van der Waals surface area contributed by atoms with Crippen molar-refractivity contribution in [2.75, 3.05) is 5.33 Å². The third-order valence-electron chi connectivity index (χ3n) is 1.66. The highest BCUT2D eigenvalue weighted by molar-refractivity contribution is 9.09. The normalized spacial score (nSPS) is 11.9. The molecule has 0 aliphatic carbocycles. The molecule has 0 aromatic heterocycles. The van der Waals surface area contributed by atoms with E-state index in [1.165, 1.54) is 0 Å². The second kappa shape index (κ2) is 5.63. The molecule has 5 heteroatoms. The van der Waals surface area contributed by atoms with Gasteiger partial charge in [0.2, 0.25) is 0 Å². The van der Waals surface area contributed by atoms with Gasteiger partial charge in [0.1, 0.15) is 5.33 Å². The predicted octanol–water partition coefficient (Wildman–Crippen LogP) is 1.18. The second-order valence-corrected chi connectivity index (χ2v) is 3.30. The quantitative estimate of drug-likeness (QED) is 0.510. The van der Waals surface area contributed by atoms with Crippen molar-refractivity contribution < 1.29 is 19.4 Å². The number of rotatable bonds is 3. The van der Waals surface area contributed by atoms with Crippen LogP contribution < -0.4 is 0 Å². The van der Waals surface area contributed by atoms with Crippen LogP contribution in [0.3, 0.4) is 0 Å². The van der Waals surface area contributed by atoms with Gasteiger partial charge in [-0.1, -0.05) is 46.3 Å². The fraction of sp³-hybridized carbons (Fsp3) is 0.200. The predicted molar refractivity (Wildman–Crippen MR) is 56.3 cm³/mol. The van der Waals surface area contributed by atoms with Crippen LogP contribution in [0.15, 0.2) is 30.3 Å². The summed E-state index contributed by atoms with van der Waals surface area (Å²) in [4.78, 5) is 22.0. The van der Waals surface area contributed by atoms with E-state index < -0.39 is 18.0 Å². The molecule has 1 N–H and O–H groups in total. The smallest absolute Gasteiger partial charge is 0.347 e. The van der Waals surface area contributed by atoms with Crippen molar-refractivity contribution in [3.05, 3.63) is 35.9 Å². The van der Waals surface area contributed by atoms with Crippen molar-refractivity contribution in [3.63, 3.8) is 0 Å². The lowest BCUT2D eigenvalue weighted by molar-refractivity contribution is -0.164. The van der Waals surface area contributed by atoms with Gasteiger partial charge in [-0.15, -0.1) is 0 Å². The molecule has 0 amide bonds. The molecule has 0 spiro atoms. The molecule has 0 radical (unpaired) electrons. The van der Waals surface area contributed by atoms with Gasteiger partial charge in [-0.3, -0.25) is 4.79 Å². The standard InChI is InChI=1S/C10H9BrO4/c11-6-8(12)15-10(14)9(13)7-4-2-1-3-5-7/h1-5,9,13H,6H2/t9-/m1/s1. The van der Waals surface area contributed by atoms with Gasteiger partial charge in [-0.05, 0) is 5.56 Å². The van der Waals surface area contributed by atoms with Gasteiger partial charge in [-0.2, -0.15) is 0 Å². The first-order chi connectivity index (χ1) is 7.15. The van der Waals surface area contributed by atoms with Crippen LogP contribution in [0.2, 0.25) is 0 Å². The fourth-order valence-electron chi connectivity index (χ4n) is 0.967. The molecule has 0 heterocycles. The highest BCUT2D eigenvalue weighted by atomic mass is 79.9. The molecular formula is C10H9BrO4. The summed E-state index contributed by atoms with van der Waals surface area (Å²) >= 11 is 2.84. The lowest BCUT2D eigenvalue weighted by Crippen LogP contribution is -2.20. The first-order valence-corrected chi connectivity index (χ1v) is 5.31. The van der Waals surface area contributed by atoms with E-state index in [9.17, 15) is 14.7 Å². The van der Waals surface area contributed by atoms with Crippen LogP contribution in [0.5, 0.6) is 0 Å². The van der Waals surface area contributed by atoms with Crippen molar-refractivity contribution in [2.24, 2.45) is 0 Å². The lowest BCUT2D eigenvalue weighted by atomic mass is 10.1. The molecule has 15 heavy (non-hydrogen) atoms. The molecule has 0 fully saturated rings. The first-order valence-electron chi connectivity index (χ1n) is 4.18. The largest absolute Gasteiger partial charge is 0.390 e. The Bertz CT molecular complexity index is 350. The van der Waals surface area contributed by atoms with E-state index in [0.717, 1.165) is 0 Å². The Morgan fingerprint density at radius 1 is 1.33 bits per heavy atom. The summed E-state index contributed by atoms with van der Waals surface area (Å²) in [6, 6.07) is 8.26. The number of aliphatic hydroxyl groups is 1. The summed E-state index contributed by atoms with van der Waals surface area (Å²) in [6.07, 6.45) is -1.42. The average molecular weight is 273 g/mol. The van der Waals surface area contributed by atoms with Gasteiger partial charge in [0.15, 0.2) is 6.10 Å². The first kappa shape index (κ1) is 11.9. The van der Waals surface area contributed by atoms with Gasteiger partial charge >= 0.3 is 11.9 Å². The molecule has 0 aliphatic heterocycles. The van der Waals surface area contributed by atoms with Crippen molar-refractivity contribution >= 4 is 27.9 Å². The summed E-state index contributed by atoms with van der Waals surface area (Å²) < 4.78 is 4.34. The molecule has 4 nitrogen and oxygen atoms in total. The summed E-state index contributed by atoms with van der Waals surface area (Å²) in [5.74, 6) is -1.69. The molecule has 0 aliphatic rings. The Hall–Kier alpha value is -1.20. The Morgan fingerprint density at radius 2 is 1.93 bits per heavy atom. The average Bonchev–Trinajstić information content (AvgIpc) is 2.29. The Kier molecular flexibility index (Phi) is 4.45. The molecule has 1 aromatic carbocycles. The van der Waals surface area contributed by atoms with Gasteiger partial charge in [0.25, 0.3) is 0 Å². The summed E-state index contributed by atoms with van der Waals surface area (Å²) in [5, 5.41) is 9.41. The van der Waals surface area contributed by atoms with Gasteiger partial charge in [0, 0.05) is 0 Å². The van der Waals surface area contributed by atoms with Crippen molar-refractivity contribution in [3.8, 4) is 0 Å². The number of halogens is 1. The monoisotopic (exact) mass is 272 g/mol. The van der Waals surface area contributed by atoms with E-state index in [1.54, 1.807) is 30.3 Å². The fourth-order valence-corrected chi connectivity index (χ4v) is 1.08. The van der Waals surface area contributed by atoms with Gasteiger partial charge in [0.05, 0.1) is 0 Å². The number of aliphatic hydroxyl groups excluding tert-OH is 1. The van der Waals surface area contributed by atoms with Crippen LogP contribution in [0, 0.1) is 0 Å². The molecule has 0 saturated carbocycles. The summed E-state index contributed by atoms with van der Waals surface area (Å²) in [5.41, 5.74) is 0.393. The number of hydrogen-bond acceptors (Lipinski definition) is 4. The van der Waals surface area contributed by atoms with Gasteiger partial charge in [-0.25, -0.2) is 4.79 Å².